The number of hydrogen-bond acceptors (Lipinski definition) is 3. The van der Waals surface area contributed by atoms with Gasteiger partial charge in [-0.3, -0.25) is 4.99 Å². The minimum absolute atomic E-state index is 0.299. The molecule has 0 saturated carbocycles. The molecule has 0 unspecified atom stereocenters. The summed E-state index contributed by atoms with van der Waals surface area (Å²) in [5, 5.41) is 0. The Morgan fingerprint density at radius 1 is 1.21 bits per heavy atom. The van der Waals surface area contributed by atoms with E-state index >= 15 is 0 Å². The maximum absolute atomic E-state index is 12.7. The van der Waals surface area contributed by atoms with Crippen molar-refractivity contribution in [2.75, 3.05) is 7.11 Å². The van der Waals surface area contributed by atoms with Crippen LogP contribution in [0.2, 0.25) is 0 Å². The normalized spacial score (nSPS) is 10.6. The van der Waals surface area contributed by atoms with Gasteiger partial charge in [-0.15, -0.1) is 0 Å². The van der Waals surface area contributed by atoms with Gasteiger partial charge < -0.3 is 4.74 Å². The highest BCUT2D eigenvalue weighted by Gasteiger charge is 2.04. The fourth-order valence-corrected chi connectivity index (χ4v) is 1.54. The molecule has 0 amide bonds. The summed E-state index contributed by atoms with van der Waals surface area (Å²) in [6.07, 6.45) is 1.61. The van der Waals surface area contributed by atoms with E-state index in [0.717, 1.165) is 5.56 Å². The third-order valence-corrected chi connectivity index (χ3v) is 2.50. The summed E-state index contributed by atoms with van der Waals surface area (Å²) in [6.45, 7) is 0. The Labute approximate surface area is 110 Å². The van der Waals surface area contributed by atoms with E-state index in [9.17, 15) is 9.18 Å². The number of carbonyl (C=O) groups is 1. The second-order valence-corrected chi connectivity index (χ2v) is 3.85. The molecule has 4 heteroatoms. The van der Waals surface area contributed by atoms with Gasteiger partial charge >= 0.3 is 5.97 Å². The molecule has 0 heterocycles. The molecule has 3 nitrogen and oxygen atoms in total. The first-order chi connectivity index (χ1) is 9.19. The summed E-state index contributed by atoms with van der Waals surface area (Å²) in [6, 6.07) is 12.8. The molecule has 0 N–H and O–H groups in total. The Kier molecular flexibility index (Phi) is 4.03. The number of carbonyl (C=O) groups excluding carboxylic acids is 1. The molecule has 0 fully saturated rings. The number of aliphatic imine (C=N–C) groups is 1. The van der Waals surface area contributed by atoms with Crippen LogP contribution in [0.3, 0.4) is 0 Å². The Bertz CT molecular complexity index is 606. The molecule has 19 heavy (non-hydrogen) atoms. The lowest BCUT2D eigenvalue weighted by Crippen LogP contribution is -2.01. The molecule has 2 rings (SSSR count). The first-order valence-electron chi connectivity index (χ1n) is 5.67. The van der Waals surface area contributed by atoms with Crippen molar-refractivity contribution in [3.63, 3.8) is 0 Å². The third kappa shape index (κ3) is 3.48. The van der Waals surface area contributed by atoms with Crippen molar-refractivity contribution in [3.05, 3.63) is 65.5 Å². The second-order valence-electron chi connectivity index (χ2n) is 3.85. The van der Waals surface area contributed by atoms with Crippen molar-refractivity contribution in [2.24, 2.45) is 4.99 Å². The molecule has 0 saturated heterocycles. The molecule has 0 aromatic heterocycles. The zero-order valence-corrected chi connectivity index (χ0v) is 10.3. The first kappa shape index (κ1) is 13.0. The quantitative estimate of drug-likeness (QED) is 0.624. The van der Waals surface area contributed by atoms with E-state index in [1.165, 1.54) is 19.2 Å². The number of rotatable bonds is 3. The smallest absolute Gasteiger partial charge is 0.337 e. The number of hydrogen-bond donors (Lipinski definition) is 0. The zero-order valence-electron chi connectivity index (χ0n) is 10.3. The first-order valence-corrected chi connectivity index (χ1v) is 5.67. The molecular weight excluding hydrogens is 245 g/mol. The van der Waals surface area contributed by atoms with Crippen LogP contribution in [-0.2, 0) is 4.74 Å². The minimum atomic E-state index is -0.392. The van der Waals surface area contributed by atoms with Crippen molar-refractivity contribution in [1.82, 2.24) is 0 Å². The van der Waals surface area contributed by atoms with Crippen LogP contribution in [0.5, 0.6) is 0 Å². The fourth-order valence-electron chi connectivity index (χ4n) is 1.54. The number of nitrogens with zero attached hydrogens (tertiary/aromatic N) is 1. The molecular formula is C15H12FNO2. The Balaban J connectivity index is 2.19. The van der Waals surface area contributed by atoms with E-state index in [1.807, 2.05) is 6.07 Å². The highest BCUT2D eigenvalue weighted by atomic mass is 19.1. The number of ether oxygens (including phenoxy) is 1. The maximum atomic E-state index is 12.7. The highest BCUT2D eigenvalue weighted by molar-refractivity contribution is 5.92. The van der Waals surface area contributed by atoms with Gasteiger partial charge in [-0.2, -0.15) is 0 Å². The molecule has 0 aliphatic rings. The molecule has 0 aliphatic heterocycles. The van der Waals surface area contributed by atoms with E-state index in [4.69, 9.17) is 0 Å². The largest absolute Gasteiger partial charge is 0.465 e. The van der Waals surface area contributed by atoms with E-state index in [2.05, 4.69) is 9.73 Å². The Morgan fingerprint density at radius 2 is 1.95 bits per heavy atom. The number of halogens is 1. The van der Waals surface area contributed by atoms with E-state index < -0.39 is 5.97 Å². The standard InChI is InChI=1S/C15H12FNO2/c1-19-15(18)12-4-2-3-11(9-12)10-17-14-7-5-13(16)6-8-14/h2-10H,1H3. The minimum Gasteiger partial charge on any atom is -0.465 e. The Morgan fingerprint density at radius 3 is 2.63 bits per heavy atom. The molecule has 0 aliphatic carbocycles. The summed E-state index contributed by atoms with van der Waals surface area (Å²) in [5.74, 6) is -0.691. The average molecular weight is 257 g/mol. The lowest BCUT2D eigenvalue weighted by molar-refractivity contribution is 0.0600. The van der Waals surface area contributed by atoms with Crippen LogP contribution in [-0.4, -0.2) is 19.3 Å². The van der Waals surface area contributed by atoms with Crippen molar-refractivity contribution in [1.29, 1.82) is 0 Å². The van der Waals surface area contributed by atoms with Gasteiger partial charge in [0, 0.05) is 6.21 Å². The van der Waals surface area contributed by atoms with Gasteiger partial charge in [-0.1, -0.05) is 12.1 Å². The van der Waals surface area contributed by atoms with E-state index in [1.54, 1.807) is 36.5 Å². The topological polar surface area (TPSA) is 38.7 Å². The van der Waals surface area contributed by atoms with Gasteiger partial charge in [0.1, 0.15) is 5.82 Å². The van der Waals surface area contributed by atoms with Gasteiger partial charge in [-0.05, 0) is 42.0 Å². The summed E-state index contributed by atoms with van der Waals surface area (Å²) >= 11 is 0. The van der Waals surface area contributed by atoms with Gasteiger partial charge in [0.25, 0.3) is 0 Å². The fraction of sp³-hybridized carbons (Fsp3) is 0.0667. The van der Waals surface area contributed by atoms with Crippen LogP contribution < -0.4 is 0 Å². The SMILES string of the molecule is COC(=O)c1cccc(C=Nc2ccc(F)cc2)c1. The van der Waals surface area contributed by atoms with E-state index in [-0.39, 0.29) is 5.82 Å². The summed E-state index contributed by atoms with van der Waals surface area (Å²) in [5.41, 5.74) is 1.88. The van der Waals surface area contributed by atoms with Crippen LogP contribution >= 0.6 is 0 Å². The lowest BCUT2D eigenvalue weighted by atomic mass is 10.1. The molecule has 0 radical (unpaired) electrons. The Hall–Kier alpha value is -2.49. The van der Waals surface area contributed by atoms with Gasteiger partial charge in [0.15, 0.2) is 0 Å². The van der Waals surface area contributed by atoms with Crippen molar-refractivity contribution >= 4 is 17.9 Å². The van der Waals surface area contributed by atoms with Gasteiger partial charge in [0.05, 0.1) is 18.4 Å². The third-order valence-electron chi connectivity index (χ3n) is 2.50. The molecule has 0 bridgehead atoms. The molecule has 0 spiro atoms. The predicted octanol–water partition coefficient (Wildman–Crippen LogP) is 3.36. The molecule has 2 aromatic carbocycles. The molecule has 96 valence electrons. The lowest BCUT2D eigenvalue weighted by Gasteiger charge is -2.00. The summed E-state index contributed by atoms with van der Waals surface area (Å²) in [7, 11) is 1.33. The molecule has 2 aromatic rings. The maximum Gasteiger partial charge on any atom is 0.337 e. The summed E-state index contributed by atoms with van der Waals surface area (Å²) < 4.78 is 17.4. The van der Waals surface area contributed by atoms with Crippen molar-refractivity contribution in [2.45, 2.75) is 0 Å². The zero-order chi connectivity index (χ0) is 13.7. The van der Waals surface area contributed by atoms with Gasteiger partial charge in [0.2, 0.25) is 0 Å². The number of esters is 1. The van der Waals surface area contributed by atoms with Crippen LogP contribution in [0.1, 0.15) is 15.9 Å². The van der Waals surface area contributed by atoms with Crippen molar-refractivity contribution in [3.8, 4) is 0 Å². The van der Waals surface area contributed by atoms with Crippen LogP contribution in [0.4, 0.5) is 10.1 Å². The van der Waals surface area contributed by atoms with Crippen LogP contribution in [0.15, 0.2) is 53.5 Å². The van der Waals surface area contributed by atoms with Crippen LogP contribution in [0.25, 0.3) is 0 Å². The summed E-state index contributed by atoms with van der Waals surface area (Å²) in [4.78, 5) is 15.6. The van der Waals surface area contributed by atoms with Crippen molar-refractivity contribution < 1.29 is 13.9 Å². The van der Waals surface area contributed by atoms with Crippen LogP contribution in [0, 0.1) is 5.82 Å². The highest BCUT2D eigenvalue weighted by Crippen LogP contribution is 2.12. The van der Waals surface area contributed by atoms with Gasteiger partial charge in [-0.25, -0.2) is 9.18 Å². The second kappa shape index (κ2) is 5.91. The number of methoxy groups -OCH3 is 1. The molecule has 0 atom stereocenters. The monoisotopic (exact) mass is 257 g/mol. The average Bonchev–Trinajstić information content (AvgIpc) is 2.46. The van der Waals surface area contributed by atoms with E-state index in [0.29, 0.717) is 11.3 Å². The number of benzene rings is 2. The predicted molar refractivity (Wildman–Crippen MR) is 71.4 cm³/mol.